The van der Waals surface area contributed by atoms with Crippen molar-refractivity contribution in [3.63, 3.8) is 0 Å². The highest BCUT2D eigenvalue weighted by Crippen LogP contribution is 2.19. The Morgan fingerprint density at radius 2 is 1.81 bits per heavy atom. The fourth-order valence-electron chi connectivity index (χ4n) is 1.76. The summed E-state index contributed by atoms with van der Waals surface area (Å²) in [6.07, 6.45) is 0. The average molecular weight is 220 g/mol. The molecule has 0 bridgehead atoms. The number of nitrogens with one attached hydrogen (secondary N) is 1. The van der Waals surface area contributed by atoms with Gasteiger partial charge in [0.15, 0.2) is 0 Å². The highest BCUT2D eigenvalue weighted by molar-refractivity contribution is 5.99. The first-order valence-electron chi connectivity index (χ1n) is 5.86. The van der Waals surface area contributed by atoms with Crippen molar-refractivity contribution in [2.24, 2.45) is 0 Å². The predicted molar refractivity (Wildman–Crippen MR) is 68.0 cm³/mol. The van der Waals surface area contributed by atoms with Crippen LogP contribution >= 0.6 is 0 Å². The lowest BCUT2D eigenvalue weighted by atomic mass is 10.1. The van der Waals surface area contributed by atoms with E-state index in [2.05, 4.69) is 24.1 Å². The van der Waals surface area contributed by atoms with E-state index < -0.39 is 0 Å². The van der Waals surface area contributed by atoms with E-state index in [1.807, 2.05) is 31.2 Å². The molecule has 0 saturated heterocycles. The molecule has 0 unspecified atom stereocenters. The number of anilines is 1. The maximum atomic E-state index is 11.9. The molecule has 0 aliphatic carbocycles. The van der Waals surface area contributed by atoms with Crippen molar-refractivity contribution in [1.82, 2.24) is 5.32 Å². The van der Waals surface area contributed by atoms with Crippen LogP contribution in [0.15, 0.2) is 24.3 Å². The SMILES string of the molecule is CCNC(=O)c1ccccc1N(CC)CC. The molecule has 0 fully saturated rings. The Morgan fingerprint density at radius 1 is 1.19 bits per heavy atom. The number of carbonyl (C=O) groups is 1. The third kappa shape index (κ3) is 2.75. The van der Waals surface area contributed by atoms with Gasteiger partial charge in [-0.05, 0) is 32.9 Å². The van der Waals surface area contributed by atoms with Crippen LogP contribution in [0.3, 0.4) is 0 Å². The number of hydrogen-bond acceptors (Lipinski definition) is 2. The Morgan fingerprint density at radius 3 is 2.38 bits per heavy atom. The van der Waals surface area contributed by atoms with E-state index in [9.17, 15) is 4.79 Å². The van der Waals surface area contributed by atoms with Crippen LogP contribution in [0.25, 0.3) is 0 Å². The topological polar surface area (TPSA) is 32.3 Å². The largest absolute Gasteiger partial charge is 0.371 e. The highest BCUT2D eigenvalue weighted by atomic mass is 16.1. The van der Waals surface area contributed by atoms with Crippen LogP contribution in [0.5, 0.6) is 0 Å². The van der Waals surface area contributed by atoms with Crippen molar-refractivity contribution >= 4 is 11.6 Å². The van der Waals surface area contributed by atoms with Crippen LogP contribution in [0, 0.1) is 0 Å². The fraction of sp³-hybridized carbons (Fsp3) is 0.462. The molecule has 88 valence electrons. The van der Waals surface area contributed by atoms with Crippen molar-refractivity contribution in [2.45, 2.75) is 20.8 Å². The van der Waals surface area contributed by atoms with Gasteiger partial charge in [0.25, 0.3) is 5.91 Å². The van der Waals surface area contributed by atoms with Gasteiger partial charge in [0.05, 0.1) is 5.56 Å². The van der Waals surface area contributed by atoms with Crippen LogP contribution < -0.4 is 10.2 Å². The smallest absolute Gasteiger partial charge is 0.253 e. The molecular weight excluding hydrogens is 200 g/mol. The average Bonchev–Trinajstić information content (AvgIpc) is 2.31. The maximum absolute atomic E-state index is 11.9. The summed E-state index contributed by atoms with van der Waals surface area (Å²) in [4.78, 5) is 14.0. The van der Waals surface area contributed by atoms with Crippen LogP contribution in [0.4, 0.5) is 5.69 Å². The normalized spacial score (nSPS) is 9.94. The molecule has 1 aromatic rings. The van der Waals surface area contributed by atoms with E-state index in [0.717, 1.165) is 24.3 Å². The standard InChI is InChI=1S/C13H20N2O/c1-4-14-13(16)11-9-7-8-10-12(11)15(5-2)6-3/h7-10H,4-6H2,1-3H3,(H,14,16). The zero-order valence-corrected chi connectivity index (χ0v) is 10.3. The first-order chi connectivity index (χ1) is 7.74. The van der Waals surface area contributed by atoms with Crippen LogP contribution in [-0.4, -0.2) is 25.5 Å². The minimum atomic E-state index is 0.00463. The molecule has 0 heterocycles. The predicted octanol–water partition coefficient (Wildman–Crippen LogP) is 2.28. The number of para-hydroxylation sites is 1. The second-order valence-electron chi connectivity index (χ2n) is 3.55. The van der Waals surface area contributed by atoms with Gasteiger partial charge in [-0.3, -0.25) is 4.79 Å². The lowest BCUT2D eigenvalue weighted by Gasteiger charge is -2.23. The summed E-state index contributed by atoms with van der Waals surface area (Å²) in [5, 5.41) is 2.84. The van der Waals surface area contributed by atoms with E-state index in [1.165, 1.54) is 0 Å². The molecule has 1 aromatic carbocycles. The summed E-state index contributed by atoms with van der Waals surface area (Å²) in [5.74, 6) is 0.00463. The molecule has 1 amide bonds. The van der Waals surface area contributed by atoms with Gasteiger partial charge >= 0.3 is 0 Å². The van der Waals surface area contributed by atoms with E-state index in [-0.39, 0.29) is 5.91 Å². The van der Waals surface area contributed by atoms with Crippen LogP contribution in [0.1, 0.15) is 31.1 Å². The molecule has 3 nitrogen and oxygen atoms in total. The molecule has 1 rings (SSSR count). The summed E-state index contributed by atoms with van der Waals surface area (Å²) >= 11 is 0. The summed E-state index contributed by atoms with van der Waals surface area (Å²) in [7, 11) is 0. The second kappa shape index (κ2) is 6.16. The Kier molecular flexibility index (Phi) is 4.83. The van der Waals surface area contributed by atoms with Crippen molar-refractivity contribution in [3.05, 3.63) is 29.8 Å². The van der Waals surface area contributed by atoms with Gasteiger partial charge in [-0.2, -0.15) is 0 Å². The van der Waals surface area contributed by atoms with Gasteiger partial charge in [0.2, 0.25) is 0 Å². The number of amides is 1. The molecule has 0 radical (unpaired) electrons. The molecular formula is C13H20N2O. The Balaban J connectivity index is 3.03. The molecule has 0 aliphatic rings. The molecule has 16 heavy (non-hydrogen) atoms. The lowest BCUT2D eigenvalue weighted by Crippen LogP contribution is -2.28. The number of hydrogen-bond donors (Lipinski definition) is 1. The summed E-state index contributed by atoms with van der Waals surface area (Å²) in [6.45, 7) is 8.60. The van der Waals surface area contributed by atoms with Gasteiger partial charge in [0, 0.05) is 25.3 Å². The quantitative estimate of drug-likeness (QED) is 0.825. The fourth-order valence-corrected chi connectivity index (χ4v) is 1.76. The van der Waals surface area contributed by atoms with Crippen molar-refractivity contribution in [2.75, 3.05) is 24.5 Å². The molecule has 0 saturated carbocycles. The zero-order chi connectivity index (χ0) is 12.0. The van der Waals surface area contributed by atoms with Crippen LogP contribution in [0.2, 0.25) is 0 Å². The van der Waals surface area contributed by atoms with E-state index in [4.69, 9.17) is 0 Å². The van der Waals surface area contributed by atoms with Gasteiger partial charge in [0.1, 0.15) is 0 Å². The van der Waals surface area contributed by atoms with Gasteiger partial charge < -0.3 is 10.2 Å². The summed E-state index contributed by atoms with van der Waals surface area (Å²) < 4.78 is 0. The summed E-state index contributed by atoms with van der Waals surface area (Å²) in [5.41, 5.74) is 1.77. The van der Waals surface area contributed by atoms with Gasteiger partial charge in [-0.25, -0.2) is 0 Å². The molecule has 1 N–H and O–H groups in total. The number of nitrogens with zero attached hydrogens (tertiary/aromatic N) is 1. The Hall–Kier alpha value is -1.51. The minimum Gasteiger partial charge on any atom is -0.371 e. The van der Waals surface area contributed by atoms with E-state index in [0.29, 0.717) is 6.54 Å². The first-order valence-corrected chi connectivity index (χ1v) is 5.86. The Bertz CT molecular complexity index is 346. The molecule has 0 aliphatic heterocycles. The number of benzene rings is 1. The molecule has 0 atom stereocenters. The van der Waals surface area contributed by atoms with E-state index >= 15 is 0 Å². The number of rotatable bonds is 5. The van der Waals surface area contributed by atoms with Gasteiger partial charge in [-0.1, -0.05) is 12.1 Å². The lowest BCUT2D eigenvalue weighted by molar-refractivity contribution is 0.0956. The third-order valence-corrected chi connectivity index (χ3v) is 2.59. The zero-order valence-electron chi connectivity index (χ0n) is 10.3. The molecule has 0 spiro atoms. The van der Waals surface area contributed by atoms with Crippen LogP contribution in [-0.2, 0) is 0 Å². The third-order valence-electron chi connectivity index (χ3n) is 2.59. The minimum absolute atomic E-state index is 0.00463. The van der Waals surface area contributed by atoms with E-state index in [1.54, 1.807) is 0 Å². The van der Waals surface area contributed by atoms with Crippen molar-refractivity contribution in [3.8, 4) is 0 Å². The highest BCUT2D eigenvalue weighted by Gasteiger charge is 2.13. The van der Waals surface area contributed by atoms with Crippen molar-refractivity contribution in [1.29, 1.82) is 0 Å². The van der Waals surface area contributed by atoms with Crippen molar-refractivity contribution < 1.29 is 4.79 Å². The maximum Gasteiger partial charge on any atom is 0.253 e. The number of carbonyl (C=O) groups excluding carboxylic acids is 1. The molecule has 3 heteroatoms. The molecule has 0 aromatic heterocycles. The monoisotopic (exact) mass is 220 g/mol. The van der Waals surface area contributed by atoms with Gasteiger partial charge in [-0.15, -0.1) is 0 Å². The second-order valence-corrected chi connectivity index (χ2v) is 3.55. The summed E-state index contributed by atoms with van der Waals surface area (Å²) in [6, 6.07) is 7.74. The first kappa shape index (κ1) is 12.6. The Labute approximate surface area is 97.5 Å².